The highest BCUT2D eigenvalue weighted by Gasteiger charge is 2.11. The minimum atomic E-state index is 0.0450. The van der Waals surface area contributed by atoms with Crippen molar-refractivity contribution in [2.75, 3.05) is 50.2 Å². The van der Waals surface area contributed by atoms with Gasteiger partial charge in [-0.15, -0.1) is 0 Å². The summed E-state index contributed by atoms with van der Waals surface area (Å²) in [4.78, 5) is 14.1. The van der Waals surface area contributed by atoms with Crippen molar-refractivity contribution in [3.8, 4) is 0 Å². The van der Waals surface area contributed by atoms with E-state index in [1.807, 2.05) is 18.4 Å². The van der Waals surface area contributed by atoms with E-state index in [0.717, 1.165) is 50.5 Å². The Kier molecular flexibility index (Phi) is 5.59. The quantitative estimate of drug-likeness (QED) is 0.881. The van der Waals surface area contributed by atoms with Crippen molar-refractivity contribution in [1.82, 2.24) is 9.47 Å². The van der Waals surface area contributed by atoms with Crippen molar-refractivity contribution in [1.29, 1.82) is 0 Å². The lowest BCUT2D eigenvalue weighted by Gasteiger charge is -2.26. The SMILES string of the molecule is CSCC(=O)Nc1ccc2c(ccn2CCN2CCOCC2)c1. The van der Waals surface area contributed by atoms with Crippen LogP contribution in [-0.4, -0.2) is 60.2 Å². The van der Waals surface area contributed by atoms with Gasteiger partial charge in [0.1, 0.15) is 0 Å². The number of nitrogens with zero attached hydrogens (tertiary/aromatic N) is 2. The third-order valence-corrected chi connectivity index (χ3v) is 4.64. The molecule has 1 aliphatic rings. The van der Waals surface area contributed by atoms with Gasteiger partial charge in [0, 0.05) is 49.0 Å². The highest BCUT2D eigenvalue weighted by Crippen LogP contribution is 2.21. The lowest BCUT2D eigenvalue weighted by Crippen LogP contribution is -2.38. The molecule has 0 bridgehead atoms. The van der Waals surface area contributed by atoms with Crippen LogP contribution >= 0.6 is 11.8 Å². The highest BCUT2D eigenvalue weighted by molar-refractivity contribution is 7.99. The second kappa shape index (κ2) is 7.86. The Morgan fingerprint density at radius 3 is 2.87 bits per heavy atom. The Labute approximate surface area is 141 Å². The molecule has 2 heterocycles. The maximum Gasteiger partial charge on any atom is 0.234 e. The normalized spacial score (nSPS) is 15.9. The standard InChI is InChI=1S/C17H23N3O2S/c1-23-13-17(21)18-15-2-3-16-14(12-15)4-5-20(16)7-6-19-8-10-22-11-9-19/h2-5,12H,6-11,13H2,1H3,(H,18,21). The van der Waals surface area contributed by atoms with E-state index in [2.05, 4.69) is 33.1 Å². The van der Waals surface area contributed by atoms with Gasteiger partial charge >= 0.3 is 0 Å². The molecule has 1 aromatic carbocycles. The molecule has 0 spiro atoms. The summed E-state index contributed by atoms with van der Waals surface area (Å²) in [5.41, 5.74) is 2.07. The minimum absolute atomic E-state index is 0.0450. The van der Waals surface area contributed by atoms with E-state index < -0.39 is 0 Å². The van der Waals surface area contributed by atoms with Gasteiger partial charge in [-0.05, 0) is 30.5 Å². The molecular weight excluding hydrogens is 310 g/mol. The van der Waals surface area contributed by atoms with Crippen molar-refractivity contribution < 1.29 is 9.53 Å². The van der Waals surface area contributed by atoms with Crippen molar-refractivity contribution in [2.24, 2.45) is 0 Å². The van der Waals surface area contributed by atoms with E-state index in [1.54, 1.807) is 0 Å². The number of aromatic nitrogens is 1. The number of thioether (sulfide) groups is 1. The number of nitrogens with one attached hydrogen (secondary N) is 1. The summed E-state index contributed by atoms with van der Waals surface area (Å²) in [7, 11) is 0. The number of hydrogen-bond donors (Lipinski definition) is 1. The van der Waals surface area contributed by atoms with Crippen LogP contribution in [0.15, 0.2) is 30.5 Å². The molecule has 0 unspecified atom stereocenters. The second-order valence-electron chi connectivity index (χ2n) is 5.72. The first-order valence-electron chi connectivity index (χ1n) is 7.94. The monoisotopic (exact) mass is 333 g/mol. The number of ether oxygens (including phenoxy) is 1. The number of amides is 1. The number of morpholine rings is 1. The van der Waals surface area contributed by atoms with Crippen molar-refractivity contribution in [3.05, 3.63) is 30.5 Å². The molecule has 0 aliphatic carbocycles. The number of rotatable bonds is 6. The molecule has 1 aliphatic heterocycles. The molecular formula is C17H23N3O2S. The van der Waals surface area contributed by atoms with Crippen LogP contribution in [0.25, 0.3) is 10.9 Å². The topological polar surface area (TPSA) is 46.5 Å². The predicted molar refractivity (Wildman–Crippen MR) is 96.2 cm³/mol. The molecule has 1 aromatic heterocycles. The number of benzene rings is 1. The van der Waals surface area contributed by atoms with Gasteiger partial charge in [0.25, 0.3) is 0 Å². The van der Waals surface area contributed by atoms with Gasteiger partial charge in [-0.2, -0.15) is 11.8 Å². The lowest BCUT2D eigenvalue weighted by atomic mass is 10.2. The molecule has 0 atom stereocenters. The average molecular weight is 333 g/mol. The van der Waals surface area contributed by atoms with Crippen LogP contribution < -0.4 is 5.32 Å². The predicted octanol–water partition coefficient (Wildman–Crippen LogP) is 2.28. The van der Waals surface area contributed by atoms with Crippen LogP contribution in [0, 0.1) is 0 Å². The fraction of sp³-hybridized carbons (Fsp3) is 0.471. The number of carbonyl (C=O) groups is 1. The molecule has 0 saturated carbocycles. The number of anilines is 1. The van der Waals surface area contributed by atoms with Crippen molar-refractivity contribution >= 4 is 34.3 Å². The van der Waals surface area contributed by atoms with E-state index >= 15 is 0 Å². The Hall–Kier alpha value is -1.50. The van der Waals surface area contributed by atoms with Gasteiger partial charge < -0.3 is 14.6 Å². The molecule has 1 saturated heterocycles. The molecule has 6 heteroatoms. The van der Waals surface area contributed by atoms with Crippen molar-refractivity contribution in [3.63, 3.8) is 0 Å². The highest BCUT2D eigenvalue weighted by atomic mass is 32.2. The summed E-state index contributed by atoms with van der Waals surface area (Å²) in [5.74, 6) is 0.530. The van der Waals surface area contributed by atoms with Gasteiger partial charge in [-0.3, -0.25) is 9.69 Å². The fourth-order valence-electron chi connectivity index (χ4n) is 2.87. The van der Waals surface area contributed by atoms with Gasteiger partial charge in [0.15, 0.2) is 0 Å². The molecule has 5 nitrogen and oxygen atoms in total. The first-order chi connectivity index (χ1) is 11.3. The number of fused-ring (bicyclic) bond motifs is 1. The summed E-state index contributed by atoms with van der Waals surface area (Å²) in [6.45, 7) is 5.73. The maximum atomic E-state index is 11.7. The van der Waals surface area contributed by atoms with Crippen LogP contribution in [0.3, 0.4) is 0 Å². The van der Waals surface area contributed by atoms with Crippen LogP contribution in [0.1, 0.15) is 0 Å². The molecule has 1 fully saturated rings. The molecule has 0 radical (unpaired) electrons. The zero-order chi connectivity index (χ0) is 16.1. The van der Waals surface area contributed by atoms with E-state index in [1.165, 1.54) is 17.3 Å². The Bertz CT molecular complexity index is 665. The van der Waals surface area contributed by atoms with Gasteiger partial charge in [-0.25, -0.2) is 0 Å². The van der Waals surface area contributed by atoms with Crippen LogP contribution in [0.2, 0.25) is 0 Å². The van der Waals surface area contributed by atoms with Crippen LogP contribution in [-0.2, 0) is 16.1 Å². The summed E-state index contributed by atoms with van der Waals surface area (Å²) in [6.07, 6.45) is 4.05. The largest absolute Gasteiger partial charge is 0.379 e. The summed E-state index contributed by atoms with van der Waals surface area (Å²) in [5, 5.41) is 4.10. The van der Waals surface area contributed by atoms with Gasteiger partial charge in [-0.1, -0.05) is 0 Å². The molecule has 1 N–H and O–H groups in total. The zero-order valence-electron chi connectivity index (χ0n) is 13.5. The molecule has 1 amide bonds. The first-order valence-corrected chi connectivity index (χ1v) is 9.33. The lowest BCUT2D eigenvalue weighted by molar-refractivity contribution is -0.113. The fourth-order valence-corrected chi connectivity index (χ4v) is 3.21. The maximum absolute atomic E-state index is 11.7. The molecule has 23 heavy (non-hydrogen) atoms. The van der Waals surface area contributed by atoms with E-state index in [9.17, 15) is 4.79 Å². The van der Waals surface area contributed by atoms with Crippen molar-refractivity contribution in [2.45, 2.75) is 6.54 Å². The smallest absolute Gasteiger partial charge is 0.234 e. The Morgan fingerprint density at radius 1 is 1.26 bits per heavy atom. The summed E-state index contributed by atoms with van der Waals surface area (Å²) < 4.78 is 7.66. The van der Waals surface area contributed by atoms with Crippen LogP contribution in [0.4, 0.5) is 5.69 Å². The number of carbonyl (C=O) groups excluding carboxylic acids is 1. The van der Waals surface area contributed by atoms with Gasteiger partial charge in [0.05, 0.1) is 19.0 Å². The molecule has 124 valence electrons. The molecule has 2 aromatic rings. The van der Waals surface area contributed by atoms with E-state index in [-0.39, 0.29) is 5.91 Å². The Balaban J connectivity index is 1.64. The van der Waals surface area contributed by atoms with E-state index in [0.29, 0.717) is 5.75 Å². The third kappa shape index (κ3) is 4.28. The summed E-state index contributed by atoms with van der Waals surface area (Å²) >= 11 is 1.53. The summed E-state index contributed by atoms with van der Waals surface area (Å²) in [6, 6.07) is 8.22. The third-order valence-electron chi connectivity index (χ3n) is 4.09. The minimum Gasteiger partial charge on any atom is -0.379 e. The first kappa shape index (κ1) is 16.4. The van der Waals surface area contributed by atoms with Crippen LogP contribution in [0.5, 0.6) is 0 Å². The number of hydrogen-bond acceptors (Lipinski definition) is 4. The van der Waals surface area contributed by atoms with Gasteiger partial charge in [0.2, 0.25) is 5.91 Å². The Morgan fingerprint density at radius 2 is 2.09 bits per heavy atom. The zero-order valence-corrected chi connectivity index (χ0v) is 14.3. The average Bonchev–Trinajstić information content (AvgIpc) is 2.96. The second-order valence-corrected chi connectivity index (χ2v) is 6.58. The molecule has 3 rings (SSSR count). The van der Waals surface area contributed by atoms with E-state index in [4.69, 9.17) is 4.74 Å².